The number of allylic oxidation sites excluding steroid dienone is 3. The lowest BCUT2D eigenvalue weighted by molar-refractivity contribution is -0.138. The van der Waals surface area contributed by atoms with Crippen molar-refractivity contribution in [2.24, 2.45) is 10.9 Å². The Morgan fingerprint density at radius 2 is 1.86 bits per heavy atom. The average molecular weight is 317 g/mol. The third kappa shape index (κ3) is 11.1. The Bertz CT molecular complexity index is 372. The lowest BCUT2D eigenvalue weighted by atomic mass is 10.0. The summed E-state index contributed by atoms with van der Waals surface area (Å²) in [5.41, 5.74) is 0.948. The Morgan fingerprint density at radius 1 is 1.29 bits per heavy atom. The molecule has 5 heteroatoms. The number of aliphatic imine (C=N–C) groups is 1. The topological polar surface area (TPSA) is 52.9 Å². The molecule has 0 amide bonds. The van der Waals surface area contributed by atoms with E-state index in [2.05, 4.69) is 23.7 Å². The zero-order valence-corrected chi connectivity index (χ0v) is 14.6. The summed E-state index contributed by atoms with van der Waals surface area (Å²) >= 11 is 0. The van der Waals surface area contributed by atoms with E-state index in [0.717, 1.165) is 18.7 Å². The summed E-state index contributed by atoms with van der Waals surface area (Å²) in [4.78, 5) is 17.4. The molecule has 0 aromatic rings. The SMILES string of the molecule is CCN(/C=C/C=C(\C)C=N[C@@H](CC(C)C)C(=O)O)CC.Cl. The van der Waals surface area contributed by atoms with Crippen LogP contribution in [0.1, 0.15) is 41.0 Å². The summed E-state index contributed by atoms with van der Waals surface area (Å²) in [5.74, 6) is -0.540. The number of hydrogen-bond donors (Lipinski definition) is 1. The number of hydrogen-bond acceptors (Lipinski definition) is 3. The summed E-state index contributed by atoms with van der Waals surface area (Å²) in [7, 11) is 0. The van der Waals surface area contributed by atoms with Crippen molar-refractivity contribution < 1.29 is 9.90 Å². The fourth-order valence-corrected chi connectivity index (χ4v) is 1.67. The van der Waals surface area contributed by atoms with E-state index in [9.17, 15) is 4.79 Å². The number of carboxylic acid groups (broad SMARTS) is 1. The van der Waals surface area contributed by atoms with Gasteiger partial charge in [-0.3, -0.25) is 4.99 Å². The Hall–Kier alpha value is -1.29. The fraction of sp³-hybridized carbons (Fsp3) is 0.625. The molecule has 0 unspecified atom stereocenters. The molecule has 0 rings (SSSR count). The third-order valence-corrected chi connectivity index (χ3v) is 2.91. The van der Waals surface area contributed by atoms with E-state index in [1.165, 1.54) is 0 Å². The molecule has 0 aliphatic carbocycles. The molecular formula is C16H29ClN2O2. The van der Waals surface area contributed by atoms with Gasteiger partial charge in [0, 0.05) is 19.3 Å². The highest BCUT2D eigenvalue weighted by molar-refractivity contribution is 5.85. The van der Waals surface area contributed by atoms with Gasteiger partial charge in [0.1, 0.15) is 6.04 Å². The number of halogens is 1. The molecule has 4 nitrogen and oxygen atoms in total. The van der Waals surface area contributed by atoms with Crippen LogP contribution in [0.3, 0.4) is 0 Å². The van der Waals surface area contributed by atoms with Crippen molar-refractivity contribution in [1.29, 1.82) is 0 Å². The van der Waals surface area contributed by atoms with Gasteiger partial charge in [-0.1, -0.05) is 19.9 Å². The highest BCUT2D eigenvalue weighted by atomic mass is 35.5. The van der Waals surface area contributed by atoms with Gasteiger partial charge in [-0.15, -0.1) is 12.4 Å². The van der Waals surface area contributed by atoms with Gasteiger partial charge in [-0.2, -0.15) is 0 Å². The monoisotopic (exact) mass is 316 g/mol. The molecule has 0 heterocycles. The van der Waals surface area contributed by atoms with Gasteiger partial charge in [0.2, 0.25) is 0 Å². The highest BCUT2D eigenvalue weighted by Crippen LogP contribution is 2.08. The van der Waals surface area contributed by atoms with Gasteiger partial charge in [-0.05, 0) is 51.0 Å². The van der Waals surface area contributed by atoms with Crippen LogP contribution in [0.25, 0.3) is 0 Å². The van der Waals surface area contributed by atoms with E-state index >= 15 is 0 Å². The molecular weight excluding hydrogens is 288 g/mol. The van der Waals surface area contributed by atoms with Gasteiger partial charge < -0.3 is 10.0 Å². The van der Waals surface area contributed by atoms with Gasteiger partial charge in [0.25, 0.3) is 0 Å². The quantitative estimate of drug-likeness (QED) is 0.520. The van der Waals surface area contributed by atoms with E-state index in [1.807, 2.05) is 39.1 Å². The van der Waals surface area contributed by atoms with Crippen LogP contribution in [0, 0.1) is 5.92 Å². The maximum Gasteiger partial charge on any atom is 0.328 e. The summed E-state index contributed by atoms with van der Waals surface area (Å²) < 4.78 is 0. The maximum atomic E-state index is 11.1. The smallest absolute Gasteiger partial charge is 0.328 e. The highest BCUT2D eigenvalue weighted by Gasteiger charge is 2.16. The van der Waals surface area contributed by atoms with Crippen molar-refractivity contribution in [1.82, 2.24) is 4.90 Å². The molecule has 0 spiro atoms. The van der Waals surface area contributed by atoms with Crippen LogP contribution in [0.2, 0.25) is 0 Å². The van der Waals surface area contributed by atoms with Crippen LogP contribution in [-0.2, 0) is 4.79 Å². The van der Waals surface area contributed by atoms with Gasteiger partial charge in [0.05, 0.1) is 0 Å². The molecule has 1 N–H and O–H groups in total. The molecule has 0 bridgehead atoms. The number of carboxylic acids is 1. The summed E-state index contributed by atoms with van der Waals surface area (Å²) in [6.45, 7) is 12.1. The third-order valence-electron chi connectivity index (χ3n) is 2.91. The molecule has 1 atom stereocenters. The Kier molecular flexibility index (Phi) is 13.0. The molecule has 21 heavy (non-hydrogen) atoms. The Balaban J connectivity index is 0. The van der Waals surface area contributed by atoms with Crippen molar-refractivity contribution in [3.63, 3.8) is 0 Å². The molecule has 0 saturated carbocycles. The van der Waals surface area contributed by atoms with Crippen LogP contribution < -0.4 is 0 Å². The van der Waals surface area contributed by atoms with E-state index in [-0.39, 0.29) is 12.4 Å². The molecule has 0 aromatic carbocycles. The Morgan fingerprint density at radius 3 is 2.29 bits per heavy atom. The van der Waals surface area contributed by atoms with Crippen molar-refractivity contribution in [3.8, 4) is 0 Å². The maximum absolute atomic E-state index is 11.1. The fourth-order valence-electron chi connectivity index (χ4n) is 1.67. The van der Waals surface area contributed by atoms with Gasteiger partial charge >= 0.3 is 5.97 Å². The minimum Gasteiger partial charge on any atom is -0.480 e. The van der Waals surface area contributed by atoms with Crippen molar-refractivity contribution in [3.05, 3.63) is 23.9 Å². The number of nitrogens with zero attached hydrogens (tertiary/aromatic N) is 2. The summed E-state index contributed by atoms with van der Waals surface area (Å²) in [6.07, 6.45) is 8.14. The first-order chi connectivity index (χ1) is 9.40. The van der Waals surface area contributed by atoms with Crippen LogP contribution >= 0.6 is 12.4 Å². The average Bonchev–Trinajstić information content (AvgIpc) is 2.38. The van der Waals surface area contributed by atoms with Crippen LogP contribution in [-0.4, -0.2) is 41.3 Å². The normalized spacial score (nSPS) is 13.7. The molecule has 0 aliphatic heterocycles. The van der Waals surface area contributed by atoms with Crippen LogP contribution in [0.5, 0.6) is 0 Å². The van der Waals surface area contributed by atoms with E-state index in [4.69, 9.17) is 5.11 Å². The van der Waals surface area contributed by atoms with Crippen LogP contribution in [0.4, 0.5) is 0 Å². The standard InChI is InChI=1S/C16H28N2O2.ClH/c1-6-18(7-2)10-8-9-14(5)12-17-15(16(19)20)11-13(3)4;/h8-10,12-13,15H,6-7,11H2,1-5H3,(H,19,20);1H/b10-8+,14-9+,17-12?;/t15-;/m0./s1. The van der Waals surface area contributed by atoms with Crippen molar-refractivity contribution in [2.75, 3.05) is 13.1 Å². The predicted octanol–water partition coefficient (Wildman–Crippen LogP) is 3.78. The van der Waals surface area contributed by atoms with Crippen molar-refractivity contribution in [2.45, 2.75) is 47.1 Å². The molecule has 0 saturated heterocycles. The van der Waals surface area contributed by atoms with E-state index in [0.29, 0.717) is 12.3 Å². The molecule has 0 radical (unpaired) electrons. The first kappa shape index (κ1) is 22.0. The first-order valence-electron chi connectivity index (χ1n) is 7.25. The number of carbonyl (C=O) groups is 1. The second kappa shape index (κ2) is 12.5. The first-order valence-corrected chi connectivity index (χ1v) is 7.25. The minimum absolute atomic E-state index is 0. The van der Waals surface area contributed by atoms with E-state index in [1.54, 1.807) is 6.21 Å². The summed E-state index contributed by atoms with van der Waals surface area (Å²) in [6, 6.07) is -0.648. The second-order valence-corrected chi connectivity index (χ2v) is 5.24. The lowest BCUT2D eigenvalue weighted by Crippen LogP contribution is -2.20. The number of aliphatic carboxylic acids is 1. The van der Waals surface area contributed by atoms with Crippen LogP contribution in [0.15, 0.2) is 28.9 Å². The summed E-state index contributed by atoms with van der Waals surface area (Å²) in [5, 5.41) is 9.09. The zero-order chi connectivity index (χ0) is 15.5. The van der Waals surface area contributed by atoms with E-state index < -0.39 is 12.0 Å². The predicted molar refractivity (Wildman–Crippen MR) is 92.4 cm³/mol. The minimum atomic E-state index is -0.860. The lowest BCUT2D eigenvalue weighted by Gasteiger charge is -2.13. The molecule has 0 aromatic heterocycles. The van der Waals surface area contributed by atoms with Gasteiger partial charge in [0.15, 0.2) is 0 Å². The molecule has 0 fully saturated rings. The zero-order valence-electron chi connectivity index (χ0n) is 13.7. The largest absolute Gasteiger partial charge is 0.480 e. The second-order valence-electron chi connectivity index (χ2n) is 5.24. The number of rotatable bonds is 9. The van der Waals surface area contributed by atoms with Gasteiger partial charge in [-0.25, -0.2) is 4.79 Å². The van der Waals surface area contributed by atoms with Crippen molar-refractivity contribution >= 4 is 24.6 Å². The Labute approximate surface area is 135 Å². The molecule has 0 aliphatic rings. The molecule has 122 valence electrons.